The monoisotopic (exact) mass is 305 g/mol. The van der Waals surface area contributed by atoms with Gasteiger partial charge in [0, 0.05) is 24.0 Å². The van der Waals surface area contributed by atoms with E-state index in [9.17, 15) is 4.79 Å². The van der Waals surface area contributed by atoms with Gasteiger partial charge in [0.15, 0.2) is 0 Å². The highest BCUT2D eigenvalue weighted by Crippen LogP contribution is 2.26. The van der Waals surface area contributed by atoms with Gasteiger partial charge < -0.3 is 4.90 Å². The van der Waals surface area contributed by atoms with Crippen LogP contribution in [0.2, 0.25) is 10.0 Å². The molecule has 0 aromatic heterocycles. The van der Waals surface area contributed by atoms with Crippen molar-refractivity contribution < 1.29 is 4.79 Å². The highest BCUT2D eigenvalue weighted by Gasteiger charge is 2.27. The van der Waals surface area contributed by atoms with E-state index in [1.807, 2.05) is 4.90 Å². The molecule has 1 atom stereocenters. The summed E-state index contributed by atoms with van der Waals surface area (Å²) in [6.45, 7) is 1.55. The average molecular weight is 307 g/mol. The normalized spacial score (nSPS) is 19.3. The predicted octanol–water partition coefficient (Wildman–Crippen LogP) is 4.08. The van der Waals surface area contributed by atoms with Gasteiger partial charge in [-0.05, 0) is 37.0 Å². The molecule has 0 aliphatic carbocycles. The molecule has 0 N–H and O–H groups in total. The number of hydrogen-bond donors (Lipinski definition) is 0. The molecule has 5 heteroatoms. The second kappa shape index (κ2) is 6.14. The largest absolute Gasteiger partial charge is 0.338 e. The molecule has 1 unspecified atom stereocenters. The van der Waals surface area contributed by atoms with E-state index in [4.69, 9.17) is 34.8 Å². The molecule has 0 radical (unpaired) electrons. The van der Waals surface area contributed by atoms with E-state index in [-0.39, 0.29) is 5.91 Å². The molecule has 1 aliphatic rings. The van der Waals surface area contributed by atoms with Gasteiger partial charge in [-0.1, -0.05) is 23.2 Å². The Balaban J connectivity index is 2.08. The topological polar surface area (TPSA) is 20.3 Å². The van der Waals surface area contributed by atoms with Crippen molar-refractivity contribution in [3.8, 4) is 0 Å². The second-order valence-corrected chi connectivity index (χ2v) is 5.73. The molecule has 1 saturated heterocycles. The summed E-state index contributed by atoms with van der Waals surface area (Å²) < 4.78 is 0. The molecule has 1 aromatic carbocycles. The van der Waals surface area contributed by atoms with Crippen molar-refractivity contribution in [3.63, 3.8) is 0 Å². The van der Waals surface area contributed by atoms with Gasteiger partial charge in [0.25, 0.3) is 5.91 Å². The van der Waals surface area contributed by atoms with Gasteiger partial charge in [-0.3, -0.25) is 4.79 Å². The summed E-state index contributed by atoms with van der Waals surface area (Å²) >= 11 is 17.6. The maximum absolute atomic E-state index is 12.3. The summed E-state index contributed by atoms with van der Waals surface area (Å²) in [5, 5.41) is 0.950. The van der Waals surface area contributed by atoms with E-state index < -0.39 is 0 Å². The lowest BCUT2D eigenvalue weighted by Gasteiger charge is -2.17. The third-order valence-electron chi connectivity index (χ3n) is 3.25. The first-order valence-electron chi connectivity index (χ1n) is 5.92. The number of carbonyl (C=O) groups excluding carboxylic acids is 1. The Morgan fingerprint density at radius 1 is 1.39 bits per heavy atom. The molecule has 0 spiro atoms. The van der Waals surface area contributed by atoms with Crippen molar-refractivity contribution in [2.45, 2.75) is 12.8 Å². The summed E-state index contributed by atoms with van der Waals surface area (Å²) in [6, 6.07) is 4.97. The quantitative estimate of drug-likeness (QED) is 0.770. The lowest BCUT2D eigenvalue weighted by molar-refractivity contribution is 0.0787. The maximum Gasteiger partial charge on any atom is 0.255 e. The van der Waals surface area contributed by atoms with Gasteiger partial charge in [-0.2, -0.15) is 0 Å². The van der Waals surface area contributed by atoms with Crippen molar-refractivity contribution in [1.29, 1.82) is 0 Å². The third kappa shape index (κ3) is 3.11. The van der Waals surface area contributed by atoms with E-state index in [1.54, 1.807) is 18.2 Å². The molecule has 1 fully saturated rings. The molecule has 0 saturated carbocycles. The number of nitrogens with zero attached hydrogens (tertiary/aromatic N) is 1. The lowest BCUT2D eigenvalue weighted by atomic mass is 10.1. The van der Waals surface area contributed by atoms with Crippen molar-refractivity contribution in [2.24, 2.45) is 5.92 Å². The van der Waals surface area contributed by atoms with E-state index in [2.05, 4.69) is 0 Å². The molecule has 2 rings (SSSR count). The summed E-state index contributed by atoms with van der Waals surface area (Å²) in [4.78, 5) is 14.1. The van der Waals surface area contributed by atoms with Crippen LogP contribution in [0.15, 0.2) is 18.2 Å². The molecular formula is C13H14Cl3NO. The van der Waals surface area contributed by atoms with Crippen LogP contribution in [0.1, 0.15) is 23.2 Å². The number of carbonyl (C=O) groups is 1. The number of rotatable bonds is 3. The first-order chi connectivity index (χ1) is 8.61. The van der Waals surface area contributed by atoms with Gasteiger partial charge in [0.05, 0.1) is 10.6 Å². The van der Waals surface area contributed by atoms with Crippen molar-refractivity contribution in [3.05, 3.63) is 33.8 Å². The van der Waals surface area contributed by atoms with Crippen molar-refractivity contribution >= 4 is 40.7 Å². The van der Waals surface area contributed by atoms with Gasteiger partial charge in [-0.25, -0.2) is 0 Å². The van der Waals surface area contributed by atoms with Crippen LogP contribution < -0.4 is 0 Å². The molecule has 18 heavy (non-hydrogen) atoms. The minimum absolute atomic E-state index is 0.0197. The van der Waals surface area contributed by atoms with Gasteiger partial charge >= 0.3 is 0 Å². The molecular weight excluding hydrogens is 293 g/mol. The third-order valence-corrected chi connectivity index (χ3v) is 4.02. The fourth-order valence-corrected chi connectivity index (χ4v) is 3.04. The predicted molar refractivity (Wildman–Crippen MR) is 75.8 cm³/mol. The Labute approximate surface area is 122 Å². The number of hydrogen-bond acceptors (Lipinski definition) is 1. The SMILES string of the molecule is O=C(c1ccc(Cl)cc1Cl)N1CCC(CCCl)C1. The molecule has 1 aromatic rings. The standard InChI is InChI=1S/C13H14Cl3NO/c14-5-3-9-4-6-17(8-9)13(18)11-2-1-10(15)7-12(11)16/h1-2,7,9H,3-6,8H2. The zero-order chi connectivity index (χ0) is 13.1. The van der Waals surface area contributed by atoms with Crippen molar-refractivity contribution in [1.82, 2.24) is 4.90 Å². The van der Waals surface area contributed by atoms with Crippen LogP contribution in [0.3, 0.4) is 0 Å². The summed E-state index contributed by atoms with van der Waals surface area (Å²) in [6.07, 6.45) is 1.98. The molecule has 1 amide bonds. The Hall–Kier alpha value is -0.440. The molecule has 2 nitrogen and oxygen atoms in total. The van der Waals surface area contributed by atoms with E-state index in [1.165, 1.54) is 0 Å². The van der Waals surface area contributed by atoms with E-state index in [0.29, 0.717) is 27.4 Å². The first kappa shape index (κ1) is 14.0. The number of halogens is 3. The Bertz CT molecular complexity index is 450. The number of alkyl halides is 1. The van der Waals surface area contributed by atoms with Crippen LogP contribution >= 0.6 is 34.8 Å². The van der Waals surface area contributed by atoms with E-state index >= 15 is 0 Å². The maximum atomic E-state index is 12.3. The molecule has 1 aliphatic heterocycles. The van der Waals surface area contributed by atoms with Gasteiger partial charge in [0.1, 0.15) is 0 Å². The Morgan fingerprint density at radius 3 is 2.83 bits per heavy atom. The van der Waals surface area contributed by atoms with E-state index in [0.717, 1.165) is 25.9 Å². The minimum atomic E-state index is -0.0197. The fourth-order valence-electron chi connectivity index (χ4n) is 2.24. The highest BCUT2D eigenvalue weighted by molar-refractivity contribution is 6.36. The second-order valence-electron chi connectivity index (χ2n) is 4.51. The number of amides is 1. The van der Waals surface area contributed by atoms with Crippen LogP contribution in [-0.4, -0.2) is 29.8 Å². The highest BCUT2D eigenvalue weighted by atomic mass is 35.5. The average Bonchev–Trinajstić information content (AvgIpc) is 2.77. The smallest absolute Gasteiger partial charge is 0.255 e. The molecule has 98 valence electrons. The fraction of sp³-hybridized carbons (Fsp3) is 0.462. The first-order valence-corrected chi connectivity index (χ1v) is 7.21. The lowest BCUT2D eigenvalue weighted by Crippen LogP contribution is -2.29. The van der Waals surface area contributed by atoms with Crippen LogP contribution in [-0.2, 0) is 0 Å². The number of benzene rings is 1. The van der Waals surface area contributed by atoms with Crippen LogP contribution in [0.25, 0.3) is 0 Å². The van der Waals surface area contributed by atoms with Gasteiger partial charge in [-0.15, -0.1) is 11.6 Å². The summed E-state index contributed by atoms with van der Waals surface area (Å²) in [5.41, 5.74) is 0.521. The van der Waals surface area contributed by atoms with Crippen molar-refractivity contribution in [2.75, 3.05) is 19.0 Å². The summed E-state index contributed by atoms with van der Waals surface area (Å²) in [5.74, 6) is 1.14. The van der Waals surface area contributed by atoms with Gasteiger partial charge in [0.2, 0.25) is 0 Å². The zero-order valence-corrected chi connectivity index (χ0v) is 12.1. The Kier molecular flexibility index (Phi) is 4.77. The van der Waals surface area contributed by atoms with Crippen LogP contribution in [0.4, 0.5) is 0 Å². The molecule has 0 bridgehead atoms. The van der Waals surface area contributed by atoms with Crippen LogP contribution in [0.5, 0.6) is 0 Å². The zero-order valence-electron chi connectivity index (χ0n) is 9.83. The molecule has 1 heterocycles. The summed E-state index contributed by atoms with van der Waals surface area (Å²) in [7, 11) is 0. The minimum Gasteiger partial charge on any atom is -0.338 e. The van der Waals surface area contributed by atoms with Crippen LogP contribution in [0, 0.1) is 5.92 Å². The number of likely N-dealkylation sites (tertiary alicyclic amines) is 1. The Morgan fingerprint density at radius 2 is 2.17 bits per heavy atom.